The number of nitrogens with one attached hydrogen (secondary N) is 1. The normalized spacial score (nSPS) is 12.3. The first-order valence-corrected chi connectivity index (χ1v) is 7.07. The van der Waals surface area contributed by atoms with Gasteiger partial charge in [-0.05, 0) is 24.6 Å². The third kappa shape index (κ3) is 2.31. The standard InChI is InChI=1S/C14H17BrClNO/c1-14(2,3)12-10(7-17-4)18-13-9(16)6-5-8(15)11(12)13/h5-6,17H,7H2,1-4H3. The van der Waals surface area contributed by atoms with Gasteiger partial charge in [0.2, 0.25) is 0 Å². The zero-order valence-corrected chi connectivity index (χ0v) is 13.4. The Morgan fingerprint density at radius 3 is 2.56 bits per heavy atom. The Labute approximate surface area is 121 Å². The second kappa shape index (κ2) is 4.87. The molecular weight excluding hydrogens is 314 g/mol. The largest absolute Gasteiger partial charge is 0.458 e. The van der Waals surface area contributed by atoms with E-state index in [0.717, 1.165) is 21.2 Å². The molecule has 1 N–H and O–H groups in total. The van der Waals surface area contributed by atoms with Crippen LogP contribution in [0.15, 0.2) is 21.0 Å². The molecular formula is C14H17BrClNO. The number of benzene rings is 1. The average molecular weight is 331 g/mol. The average Bonchev–Trinajstić information content (AvgIpc) is 2.64. The molecule has 18 heavy (non-hydrogen) atoms. The number of fused-ring (bicyclic) bond motifs is 1. The fourth-order valence-electron chi connectivity index (χ4n) is 2.26. The predicted molar refractivity (Wildman–Crippen MR) is 80.4 cm³/mol. The number of hydrogen-bond donors (Lipinski definition) is 1. The molecule has 1 aromatic carbocycles. The van der Waals surface area contributed by atoms with Crippen molar-refractivity contribution < 1.29 is 4.42 Å². The molecule has 0 radical (unpaired) electrons. The lowest BCUT2D eigenvalue weighted by atomic mass is 9.85. The second-order valence-corrected chi connectivity index (χ2v) is 6.68. The molecule has 2 nitrogen and oxygen atoms in total. The topological polar surface area (TPSA) is 25.2 Å². The van der Waals surface area contributed by atoms with E-state index in [2.05, 4.69) is 42.0 Å². The quantitative estimate of drug-likeness (QED) is 0.850. The van der Waals surface area contributed by atoms with Crippen LogP contribution in [-0.4, -0.2) is 7.05 Å². The summed E-state index contributed by atoms with van der Waals surface area (Å²) < 4.78 is 6.98. The van der Waals surface area contributed by atoms with Gasteiger partial charge in [0.05, 0.1) is 11.6 Å². The summed E-state index contributed by atoms with van der Waals surface area (Å²) >= 11 is 9.83. The van der Waals surface area contributed by atoms with Crippen LogP contribution in [0.2, 0.25) is 5.02 Å². The van der Waals surface area contributed by atoms with Crippen molar-refractivity contribution in [1.82, 2.24) is 5.32 Å². The Bertz CT molecular complexity index is 583. The highest BCUT2D eigenvalue weighted by atomic mass is 79.9. The van der Waals surface area contributed by atoms with Crippen LogP contribution >= 0.6 is 27.5 Å². The summed E-state index contributed by atoms with van der Waals surface area (Å²) in [5.74, 6) is 0.953. The fourth-order valence-corrected chi connectivity index (χ4v) is 2.96. The van der Waals surface area contributed by atoms with Crippen LogP contribution in [0.4, 0.5) is 0 Å². The highest BCUT2D eigenvalue weighted by Gasteiger charge is 2.27. The summed E-state index contributed by atoms with van der Waals surface area (Å²) in [5.41, 5.74) is 1.98. The van der Waals surface area contributed by atoms with Crippen molar-refractivity contribution in [3.05, 3.63) is 33.0 Å². The summed E-state index contributed by atoms with van der Waals surface area (Å²) in [7, 11) is 1.91. The molecule has 0 aliphatic carbocycles. The molecule has 0 amide bonds. The molecule has 0 saturated heterocycles. The van der Waals surface area contributed by atoms with Crippen LogP contribution in [0.1, 0.15) is 32.1 Å². The van der Waals surface area contributed by atoms with Gasteiger partial charge in [0.25, 0.3) is 0 Å². The van der Waals surface area contributed by atoms with Crippen molar-refractivity contribution in [2.45, 2.75) is 32.7 Å². The summed E-state index contributed by atoms with van der Waals surface area (Å²) in [6.45, 7) is 7.25. The van der Waals surface area contributed by atoms with E-state index in [0.29, 0.717) is 11.6 Å². The maximum Gasteiger partial charge on any atom is 0.154 e. The molecule has 0 bridgehead atoms. The van der Waals surface area contributed by atoms with E-state index in [1.54, 1.807) is 0 Å². The van der Waals surface area contributed by atoms with Gasteiger partial charge in [-0.25, -0.2) is 0 Å². The Kier molecular flexibility index (Phi) is 3.77. The smallest absolute Gasteiger partial charge is 0.154 e. The molecule has 98 valence electrons. The highest BCUT2D eigenvalue weighted by molar-refractivity contribution is 9.10. The minimum Gasteiger partial charge on any atom is -0.458 e. The first-order chi connectivity index (χ1) is 8.36. The summed E-state index contributed by atoms with van der Waals surface area (Å²) in [4.78, 5) is 0. The second-order valence-electron chi connectivity index (χ2n) is 5.41. The maximum atomic E-state index is 6.23. The summed E-state index contributed by atoms with van der Waals surface area (Å²) in [6.07, 6.45) is 0. The molecule has 0 fully saturated rings. The van der Waals surface area contributed by atoms with Gasteiger partial charge in [-0.1, -0.05) is 48.3 Å². The van der Waals surface area contributed by atoms with Gasteiger partial charge in [0.1, 0.15) is 5.76 Å². The molecule has 1 aromatic heterocycles. The lowest BCUT2D eigenvalue weighted by molar-refractivity contribution is 0.495. The van der Waals surface area contributed by atoms with Crippen LogP contribution in [0.25, 0.3) is 11.0 Å². The Morgan fingerprint density at radius 1 is 1.33 bits per heavy atom. The molecule has 1 heterocycles. The van der Waals surface area contributed by atoms with Crippen LogP contribution in [0, 0.1) is 0 Å². The third-order valence-corrected chi connectivity index (χ3v) is 3.86. The Morgan fingerprint density at radius 2 is 2.00 bits per heavy atom. The van der Waals surface area contributed by atoms with Gasteiger partial charge in [-0.15, -0.1) is 0 Å². The van der Waals surface area contributed by atoms with E-state index in [1.807, 2.05) is 19.2 Å². The molecule has 4 heteroatoms. The molecule has 0 aliphatic rings. The zero-order chi connectivity index (χ0) is 13.5. The molecule has 2 rings (SSSR count). The van der Waals surface area contributed by atoms with Gasteiger partial charge in [0, 0.05) is 15.4 Å². The number of hydrogen-bond acceptors (Lipinski definition) is 2. The van der Waals surface area contributed by atoms with Crippen molar-refractivity contribution >= 4 is 38.5 Å². The fraction of sp³-hybridized carbons (Fsp3) is 0.429. The van der Waals surface area contributed by atoms with Gasteiger partial charge in [-0.3, -0.25) is 0 Å². The van der Waals surface area contributed by atoms with Crippen molar-refractivity contribution in [3.63, 3.8) is 0 Å². The highest BCUT2D eigenvalue weighted by Crippen LogP contribution is 2.41. The van der Waals surface area contributed by atoms with E-state index >= 15 is 0 Å². The molecule has 0 unspecified atom stereocenters. The molecule has 0 saturated carbocycles. The van der Waals surface area contributed by atoms with Crippen molar-refractivity contribution in [2.75, 3.05) is 7.05 Å². The number of furan rings is 1. The van der Waals surface area contributed by atoms with Crippen molar-refractivity contribution in [3.8, 4) is 0 Å². The molecule has 0 spiro atoms. The minimum absolute atomic E-state index is 0.00460. The maximum absolute atomic E-state index is 6.23. The third-order valence-electron chi connectivity index (χ3n) is 2.90. The minimum atomic E-state index is 0.00460. The Hall–Kier alpha value is -0.510. The van der Waals surface area contributed by atoms with Crippen LogP contribution in [0.3, 0.4) is 0 Å². The lowest BCUT2D eigenvalue weighted by Gasteiger charge is -2.19. The van der Waals surface area contributed by atoms with Gasteiger partial charge >= 0.3 is 0 Å². The van der Waals surface area contributed by atoms with Crippen molar-refractivity contribution in [1.29, 1.82) is 0 Å². The summed E-state index contributed by atoms with van der Waals surface area (Å²) in [6, 6.07) is 3.83. The first-order valence-electron chi connectivity index (χ1n) is 5.90. The van der Waals surface area contributed by atoms with Gasteiger partial charge < -0.3 is 9.73 Å². The van der Waals surface area contributed by atoms with E-state index in [1.165, 1.54) is 5.56 Å². The zero-order valence-electron chi connectivity index (χ0n) is 11.0. The van der Waals surface area contributed by atoms with Gasteiger partial charge in [0.15, 0.2) is 5.58 Å². The molecule has 0 atom stereocenters. The van der Waals surface area contributed by atoms with E-state index in [-0.39, 0.29) is 5.41 Å². The van der Waals surface area contributed by atoms with Crippen LogP contribution < -0.4 is 5.32 Å². The first kappa shape index (κ1) is 13.9. The van der Waals surface area contributed by atoms with Crippen LogP contribution in [0.5, 0.6) is 0 Å². The van der Waals surface area contributed by atoms with Crippen LogP contribution in [-0.2, 0) is 12.0 Å². The van der Waals surface area contributed by atoms with E-state index in [9.17, 15) is 0 Å². The summed E-state index contributed by atoms with van der Waals surface area (Å²) in [5, 5.41) is 4.88. The number of rotatable bonds is 2. The Balaban J connectivity index is 2.85. The lowest BCUT2D eigenvalue weighted by Crippen LogP contribution is -2.16. The molecule has 0 aliphatic heterocycles. The predicted octanol–water partition coefficient (Wildman–Crippen LogP) is 4.87. The monoisotopic (exact) mass is 329 g/mol. The van der Waals surface area contributed by atoms with E-state index in [4.69, 9.17) is 16.0 Å². The van der Waals surface area contributed by atoms with Crippen molar-refractivity contribution in [2.24, 2.45) is 0 Å². The SMILES string of the molecule is CNCc1oc2c(Cl)ccc(Br)c2c1C(C)(C)C. The van der Waals surface area contributed by atoms with Gasteiger partial charge in [-0.2, -0.15) is 0 Å². The molecule has 2 aromatic rings. The number of halogens is 2. The van der Waals surface area contributed by atoms with E-state index < -0.39 is 0 Å².